The van der Waals surface area contributed by atoms with Gasteiger partial charge in [0.15, 0.2) is 0 Å². The predicted molar refractivity (Wildman–Crippen MR) is 66.9 cm³/mol. The van der Waals surface area contributed by atoms with Gasteiger partial charge in [0.2, 0.25) is 0 Å². The van der Waals surface area contributed by atoms with Gasteiger partial charge in [-0.05, 0) is 25.5 Å². The molecule has 1 aromatic carbocycles. The standard InChI is InChI=1S/C14H20O3/c1-4-8-13(11(2)14(15)16-3)17-12-9-6-5-7-10-12/h5-7,9-11,13H,4,8H2,1-3H3/t11-,13+/m0/s1. The Morgan fingerprint density at radius 1 is 1.29 bits per heavy atom. The first kappa shape index (κ1) is 13.6. The quantitative estimate of drug-likeness (QED) is 0.712. The molecule has 0 radical (unpaired) electrons. The lowest BCUT2D eigenvalue weighted by molar-refractivity contribution is -0.148. The van der Waals surface area contributed by atoms with Crippen LogP contribution in [0.1, 0.15) is 26.7 Å². The summed E-state index contributed by atoms with van der Waals surface area (Å²) < 4.78 is 10.6. The average molecular weight is 236 g/mol. The minimum Gasteiger partial charge on any atom is -0.490 e. The van der Waals surface area contributed by atoms with Crippen molar-refractivity contribution in [2.45, 2.75) is 32.8 Å². The fourth-order valence-electron chi connectivity index (χ4n) is 1.71. The molecule has 0 fully saturated rings. The summed E-state index contributed by atoms with van der Waals surface area (Å²) in [7, 11) is 1.41. The molecule has 3 nitrogen and oxygen atoms in total. The predicted octanol–water partition coefficient (Wildman–Crippen LogP) is 3.04. The molecule has 0 saturated heterocycles. The van der Waals surface area contributed by atoms with Gasteiger partial charge in [-0.2, -0.15) is 0 Å². The lowest BCUT2D eigenvalue weighted by atomic mass is 10.0. The van der Waals surface area contributed by atoms with Crippen molar-refractivity contribution in [3.63, 3.8) is 0 Å². The molecule has 0 unspecified atom stereocenters. The lowest BCUT2D eigenvalue weighted by Crippen LogP contribution is -2.31. The van der Waals surface area contributed by atoms with Crippen LogP contribution in [0.4, 0.5) is 0 Å². The molecule has 0 bridgehead atoms. The van der Waals surface area contributed by atoms with E-state index in [4.69, 9.17) is 9.47 Å². The van der Waals surface area contributed by atoms with Crippen molar-refractivity contribution in [2.24, 2.45) is 5.92 Å². The molecular formula is C14H20O3. The fraction of sp³-hybridized carbons (Fsp3) is 0.500. The second-order valence-electron chi connectivity index (χ2n) is 4.07. The molecule has 0 spiro atoms. The van der Waals surface area contributed by atoms with Crippen LogP contribution >= 0.6 is 0 Å². The number of carbonyl (C=O) groups excluding carboxylic acids is 1. The van der Waals surface area contributed by atoms with Crippen molar-refractivity contribution in [3.8, 4) is 5.75 Å². The lowest BCUT2D eigenvalue weighted by Gasteiger charge is -2.23. The van der Waals surface area contributed by atoms with E-state index in [0.717, 1.165) is 18.6 Å². The number of methoxy groups -OCH3 is 1. The number of ether oxygens (including phenoxy) is 2. The van der Waals surface area contributed by atoms with E-state index in [9.17, 15) is 4.79 Å². The smallest absolute Gasteiger partial charge is 0.312 e. The molecule has 0 heterocycles. The van der Waals surface area contributed by atoms with Gasteiger partial charge in [0, 0.05) is 0 Å². The number of hydrogen-bond acceptors (Lipinski definition) is 3. The second-order valence-corrected chi connectivity index (χ2v) is 4.07. The van der Waals surface area contributed by atoms with Crippen molar-refractivity contribution in [1.82, 2.24) is 0 Å². The van der Waals surface area contributed by atoms with Crippen LogP contribution in [-0.4, -0.2) is 19.2 Å². The number of para-hydroxylation sites is 1. The number of rotatable bonds is 6. The molecular weight excluding hydrogens is 216 g/mol. The Hall–Kier alpha value is -1.51. The average Bonchev–Trinajstić information content (AvgIpc) is 2.37. The summed E-state index contributed by atoms with van der Waals surface area (Å²) in [5.41, 5.74) is 0. The molecule has 0 N–H and O–H groups in total. The van der Waals surface area contributed by atoms with E-state index in [-0.39, 0.29) is 18.0 Å². The summed E-state index contributed by atoms with van der Waals surface area (Å²) in [5.74, 6) is 0.321. The number of esters is 1. The SMILES string of the molecule is CCC[C@@H](Oc1ccccc1)[C@H](C)C(=O)OC. The molecule has 1 rings (SSSR count). The van der Waals surface area contributed by atoms with E-state index >= 15 is 0 Å². The third kappa shape index (κ3) is 4.10. The van der Waals surface area contributed by atoms with E-state index in [1.54, 1.807) is 0 Å². The van der Waals surface area contributed by atoms with Crippen LogP contribution in [0, 0.1) is 5.92 Å². The first-order valence-corrected chi connectivity index (χ1v) is 5.98. The Kier molecular flexibility index (Phi) is 5.53. The highest BCUT2D eigenvalue weighted by molar-refractivity contribution is 5.72. The molecule has 0 aliphatic carbocycles. The maximum atomic E-state index is 11.5. The van der Waals surface area contributed by atoms with Gasteiger partial charge in [-0.15, -0.1) is 0 Å². The van der Waals surface area contributed by atoms with E-state index in [2.05, 4.69) is 6.92 Å². The highest BCUT2D eigenvalue weighted by atomic mass is 16.5. The minimum atomic E-state index is -0.250. The summed E-state index contributed by atoms with van der Waals surface area (Å²) in [6.07, 6.45) is 1.68. The fourth-order valence-corrected chi connectivity index (χ4v) is 1.71. The number of benzene rings is 1. The van der Waals surface area contributed by atoms with Crippen molar-refractivity contribution < 1.29 is 14.3 Å². The van der Waals surface area contributed by atoms with Crippen molar-refractivity contribution in [1.29, 1.82) is 0 Å². The first-order chi connectivity index (χ1) is 8.19. The van der Waals surface area contributed by atoms with Crippen LogP contribution in [0.15, 0.2) is 30.3 Å². The normalized spacial score (nSPS) is 13.8. The molecule has 0 amide bonds. The maximum Gasteiger partial charge on any atom is 0.312 e. The van der Waals surface area contributed by atoms with Crippen LogP contribution in [0.25, 0.3) is 0 Å². The summed E-state index contributed by atoms with van der Waals surface area (Å²) >= 11 is 0. The zero-order valence-corrected chi connectivity index (χ0v) is 10.7. The Morgan fingerprint density at radius 3 is 2.47 bits per heavy atom. The van der Waals surface area contributed by atoms with E-state index in [1.807, 2.05) is 37.3 Å². The van der Waals surface area contributed by atoms with Gasteiger partial charge in [-0.1, -0.05) is 31.5 Å². The van der Waals surface area contributed by atoms with Gasteiger partial charge < -0.3 is 9.47 Å². The van der Waals surface area contributed by atoms with Gasteiger partial charge in [-0.25, -0.2) is 0 Å². The summed E-state index contributed by atoms with van der Waals surface area (Å²) in [4.78, 5) is 11.5. The Labute approximate surface area is 103 Å². The second kappa shape index (κ2) is 6.94. The van der Waals surface area contributed by atoms with Crippen LogP contribution in [0.5, 0.6) is 5.75 Å². The monoisotopic (exact) mass is 236 g/mol. The molecule has 1 aromatic rings. The van der Waals surface area contributed by atoms with Crippen molar-refractivity contribution in [3.05, 3.63) is 30.3 Å². The van der Waals surface area contributed by atoms with E-state index in [1.165, 1.54) is 7.11 Å². The topological polar surface area (TPSA) is 35.5 Å². The third-order valence-corrected chi connectivity index (χ3v) is 2.73. The maximum absolute atomic E-state index is 11.5. The molecule has 94 valence electrons. The molecule has 0 saturated carbocycles. The van der Waals surface area contributed by atoms with Gasteiger partial charge in [0.05, 0.1) is 13.0 Å². The van der Waals surface area contributed by atoms with Gasteiger partial charge >= 0.3 is 5.97 Å². The van der Waals surface area contributed by atoms with Crippen LogP contribution < -0.4 is 4.74 Å². The summed E-state index contributed by atoms with van der Waals surface area (Å²) in [5, 5.41) is 0. The van der Waals surface area contributed by atoms with Gasteiger partial charge in [0.25, 0.3) is 0 Å². The first-order valence-electron chi connectivity index (χ1n) is 5.98. The van der Waals surface area contributed by atoms with E-state index < -0.39 is 0 Å². The van der Waals surface area contributed by atoms with Crippen molar-refractivity contribution >= 4 is 5.97 Å². The molecule has 0 aliphatic heterocycles. The zero-order chi connectivity index (χ0) is 12.7. The van der Waals surface area contributed by atoms with Gasteiger partial charge in [0.1, 0.15) is 11.9 Å². The third-order valence-electron chi connectivity index (χ3n) is 2.73. The number of carbonyl (C=O) groups is 1. The van der Waals surface area contributed by atoms with Crippen LogP contribution in [0.3, 0.4) is 0 Å². The van der Waals surface area contributed by atoms with E-state index in [0.29, 0.717) is 0 Å². The van der Waals surface area contributed by atoms with Crippen molar-refractivity contribution in [2.75, 3.05) is 7.11 Å². The number of hydrogen-bond donors (Lipinski definition) is 0. The molecule has 2 atom stereocenters. The molecule has 0 aliphatic rings. The zero-order valence-electron chi connectivity index (χ0n) is 10.7. The molecule has 0 aromatic heterocycles. The highest BCUT2D eigenvalue weighted by Crippen LogP contribution is 2.19. The highest BCUT2D eigenvalue weighted by Gasteiger charge is 2.25. The van der Waals surface area contributed by atoms with Crippen LogP contribution in [-0.2, 0) is 9.53 Å². The van der Waals surface area contributed by atoms with Crippen LogP contribution in [0.2, 0.25) is 0 Å². The molecule has 3 heteroatoms. The van der Waals surface area contributed by atoms with Gasteiger partial charge in [-0.3, -0.25) is 4.79 Å². The largest absolute Gasteiger partial charge is 0.490 e. The summed E-state index contributed by atoms with van der Waals surface area (Å²) in [6, 6.07) is 9.56. The minimum absolute atomic E-state index is 0.130. The Morgan fingerprint density at radius 2 is 1.94 bits per heavy atom. The Balaban J connectivity index is 2.69. The summed E-state index contributed by atoms with van der Waals surface area (Å²) in [6.45, 7) is 3.92. The molecule has 17 heavy (non-hydrogen) atoms. The Bertz CT molecular complexity index is 335.